The SMILES string of the molecule is CCn1c2ccccc2c2cc(NCc3c(F)cccc3F)ccc21. The molecule has 0 spiro atoms. The molecule has 0 aliphatic carbocycles. The van der Waals surface area contributed by atoms with Gasteiger partial charge < -0.3 is 9.88 Å². The minimum absolute atomic E-state index is 0.0542. The maximum absolute atomic E-state index is 13.8. The van der Waals surface area contributed by atoms with E-state index in [1.54, 1.807) is 0 Å². The molecule has 2 nitrogen and oxygen atoms in total. The molecular weight excluding hydrogens is 318 g/mol. The van der Waals surface area contributed by atoms with Gasteiger partial charge in [0.25, 0.3) is 0 Å². The molecule has 0 aliphatic heterocycles. The Morgan fingerprint density at radius 2 is 1.56 bits per heavy atom. The smallest absolute Gasteiger partial charge is 0.131 e. The fourth-order valence-corrected chi connectivity index (χ4v) is 3.40. The Kier molecular flexibility index (Phi) is 3.88. The van der Waals surface area contributed by atoms with Gasteiger partial charge >= 0.3 is 0 Å². The Balaban J connectivity index is 1.73. The lowest BCUT2D eigenvalue weighted by molar-refractivity contribution is 0.560. The molecule has 3 aromatic carbocycles. The van der Waals surface area contributed by atoms with Crippen molar-refractivity contribution in [3.05, 3.63) is 77.9 Å². The maximum Gasteiger partial charge on any atom is 0.131 e. The van der Waals surface area contributed by atoms with Gasteiger partial charge in [-0.1, -0.05) is 24.3 Å². The molecule has 4 rings (SSSR count). The number of para-hydroxylation sites is 1. The van der Waals surface area contributed by atoms with E-state index < -0.39 is 11.6 Å². The monoisotopic (exact) mass is 336 g/mol. The Morgan fingerprint density at radius 1 is 0.840 bits per heavy atom. The molecule has 0 amide bonds. The second-order valence-electron chi connectivity index (χ2n) is 6.05. The summed E-state index contributed by atoms with van der Waals surface area (Å²) in [6.45, 7) is 3.12. The van der Waals surface area contributed by atoms with Crippen molar-refractivity contribution >= 4 is 27.5 Å². The molecule has 126 valence electrons. The van der Waals surface area contributed by atoms with E-state index >= 15 is 0 Å². The van der Waals surface area contributed by atoms with E-state index in [0.717, 1.165) is 23.1 Å². The summed E-state index contributed by atoms with van der Waals surface area (Å²) in [6, 6.07) is 18.2. The third kappa shape index (κ3) is 2.64. The standard InChI is InChI=1S/C21H18F2N2/c1-2-25-20-9-4-3-6-15(20)16-12-14(10-11-21(16)25)24-13-17-18(22)7-5-8-19(17)23/h3-12,24H,2,13H2,1H3. The normalized spacial score (nSPS) is 11.3. The fourth-order valence-electron chi connectivity index (χ4n) is 3.40. The summed E-state index contributed by atoms with van der Waals surface area (Å²) in [5.41, 5.74) is 3.25. The predicted molar refractivity (Wildman–Crippen MR) is 98.8 cm³/mol. The summed E-state index contributed by atoms with van der Waals surface area (Å²) >= 11 is 0. The number of benzene rings is 3. The average Bonchev–Trinajstić information content (AvgIpc) is 2.94. The van der Waals surface area contributed by atoms with Gasteiger partial charge in [-0.15, -0.1) is 0 Å². The number of aromatic nitrogens is 1. The highest BCUT2D eigenvalue weighted by Gasteiger charge is 2.11. The van der Waals surface area contributed by atoms with Crippen LogP contribution in [0.2, 0.25) is 0 Å². The molecule has 0 unspecified atom stereocenters. The summed E-state index contributed by atoms with van der Waals surface area (Å²) in [5.74, 6) is -1.06. The van der Waals surface area contributed by atoms with Gasteiger partial charge in [-0.2, -0.15) is 0 Å². The zero-order valence-corrected chi connectivity index (χ0v) is 13.9. The van der Waals surface area contributed by atoms with Crippen LogP contribution in [0.4, 0.5) is 14.5 Å². The van der Waals surface area contributed by atoms with Crippen LogP contribution in [0.5, 0.6) is 0 Å². The van der Waals surface area contributed by atoms with Crippen LogP contribution in [-0.4, -0.2) is 4.57 Å². The second kappa shape index (κ2) is 6.20. The Labute approximate surface area is 144 Å². The minimum atomic E-state index is -0.531. The lowest BCUT2D eigenvalue weighted by Crippen LogP contribution is -2.04. The van der Waals surface area contributed by atoms with E-state index in [4.69, 9.17) is 0 Å². The molecule has 1 aromatic heterocycles. The summed E-state index contributed by atoms with van der Waals surface area (Å²) in [6.07, 6.45) is 0. The molecule has 0 fully saturated rings. The highest BCUT2D eigenvalue weighted by Crippen LogP contribution is 2.31. The average molecular weight is 336 g/mol. The van der Waals surface area contributed by atoms with Gasteiger partial charge in [0.1, 0.15) is 11.6 Å². The Bertz CT molecular complexity index is 1050. The lowest BCUT2D eigenvalue weighted by atomic mass is 10.1. The molecule has 0 atom stereocenters. The topological polar surface area (TPSA) is 17.0 Å². The number of hydrogen-bond acceptors (Lipinski definition) is 1. The highest BCUT2D eigenvalue weighted by atomic mass is 19.1. The number of hydrogen-bond donors (Lipinski definition) is 1. The van der Waals surface area contributed by atoms with Gasteiger partial charge in [0.15, 0.2) is 0 Å². The van der Waals surface area contributed by atoms with Crippen LogP contribution < -0.4 is 5.32 Å². The minimum Gasteiger partial charge on any atom is -0.381 e. The van der Waals surface area contributed by atoms with Crippen molar-refractivity contribution in [2.75, 3.05) is 5.32 Å². The van der Waals surface area contributed by atoms with E-state index in [9.17, 15) is 8.78 Å². The number of rotatable bonds is 4. The van der Waals surface area contributed by atoms with Gasteiger partial charge in [0, 0.05) is 46.1 Å². The van der Waals surface area contributed by atoms with Gasteiger partial charge in [-0.3, -0.25) is 0 Å². The van der Waals surface area contributed by atoms with Crippen molar-refractivity contribution in [2.24, 2.45) is 0 Å². The Morgan fingerprint density at radius 3 is 2.32 bits per heavy atom. The number of aryl methyl sites for hydroxylation is 1. The zero-order chi connectivity index (χ0) is 17.4. The van der Waals surface area contributed by atoms with Crippen LogP contribution in [0, 0.1) is 11.6 Å². The van der Waals surface area contributed by atoms with Crippen LogP contribution in [0.15, 0.2) is 60.7 Å². The Hall–Kier alpha value is -2.88. The molecule has 1 N–H and O–H groups in total. The van der Waals surface area contributed by atoms with E-state index in [0.29, 0.717) is 0 Å². The first kappa shape index (κ1) is 15.6. The van der Waals surface area contributed by atoms with Crippen LogP contribution in [0.1, 0.15) is 12.5 Å². The number of anilines is 1. The molecule has 4 heteroatoms. The summed E-state index contributed by atoms with van der Waals surface area (Å²) < 4.78 is 29.8. The van der Waals surface area contributed by atoms with Crippen molar-refractivity contribution in [2.45, 2.75) is 20.0 Å². The lowest BCUT2D eigenvalue weighted by Gasteiger charge is -2.09. The van der Waals surface area contributed by atoms with Gasteiger partial charge in [0.05, 0.1) is 0 Å². The molecule has 0 saturated carbocycles. The van der Waals surface area contributed by atoms with Crippen molar-refractivity contribution in [1.29, 1.82) is 0 Å². The highest BCUT2D eigenvalue weighted by molar-refractivity contribution is 6.09. The van der Waals surface area contributed by atoms with Crippen LogP contribution in [-0.2, 0) is 13.1 Å². The first-order valence-electron chi connectivity index (χ1n) is 8.37. The fraction of sp³-hybridized carbons (Fsp3) is 0.143. The molecule has 25 heavy (non-hydrogen) atoms. The van der Waals surface area contributed by atoms with Crippen LogP contribution >= 0.6 is 0 Å². The quantitative estimate of drug-likeness (QED) is 0.505. The van der Waals surface area contributed by atoms with Gasteiger partial charge in [0.2, 0.25) is 0 Å². The maximum atomic E-state index is 13.8. The van der Waals surface area contributed by atoms with E-state index in [1.165, 1.54) is 29.1 Å². The molecule has 0 bridgehead atoms. The zero-order valence-electron chi connectivity index (χ0n) is 13.9. The first-order valence-corrected chi connectivity index (χ1v) is 8.37. The van der Waals surface area contributed by atoms with E-state index in [2.05, 4.69) is 35.0 Å². The van der Waals surface area contributed by atoms with Crippen LogP contribution in [0.3, 0.4) is 0 Å². The third-order valence-electron chi connectivity index (χ3n) is 4.62. The van der Waals surface area contributed by atoms with Gasteiger partial charge in [-0.05, 0) is 43.3 Å². The molecule has 0 radical (unpaired) electrons. The van der Waals surface area contributed by atoms with E-state index in [-0.39, 0.29) is 12.1 Å². The van der Waals surface area contributed by atoms with Gasteiger partial charge in [-0.25, -0.2) is 8.78 Å². The van der Waals surface area contributed by atoms with Crippen LogP contribution in [0.25, 0.3) is 21.8 Å². The number of nitrogens with zero attached hydrogens (tertiary/aromatic N) is 1. The van der Waals surface area contributed by atoms with Crippen molar-refractivity contribution < 1.29 is 8.78 Å². The summed E-state index contributed by atoms with van der Waals surface area (Å²) in [7, 11) is 0. The van der Waals surface area contributed by atoms with Crippen molar-refractivity contribution in [3.8, 4) is 0 Å². The molecule has 0 aliphatic rings. The molecule has 4 aromatic rings. The third-order valence-corrected chi connectivity index (χ3v) is 4.62. The van der Waals surface area contributed by atoms with E-state index in [1.807, 2.05) is 24.3 Å². The number of halogens is 2. The number of nitrogens with one attached hydrogen (secondary N) is 1. The summed E-state index contributed by atoms with van der Waals surface area (Å²) in [4.78, 5) is 0. The molecular formula is C21H18F2N2. The number of fused-ring (bicyclic) bond motifs is 3. The van der Waals surface area contributed by atoms with Crippen molar-refractivity contribution in [3.63, 3.8) is 0 Å². The first-order chi connectivity index (χ1) is 12.2. The largest absolute Gasteiger partial charge is 0.381 e. The predicted octanol–water partition coefficient (Wildman–Crippen LogP) is 5.70. The summed E-state index contributed by atoms with van der Waals surface area (Å²) in [5, 5.41) is 5.45. The van der Waals surface area contributed by atoms with Crippen molar-refractivity contribution in [1.82, 2.24) is 4.57 Å². The molecule has 0 saturated heterocycles. The molecule has 1 heterocycles. The second-order valence-corrected chi connectivity index (χ2v) is 6.05.